The van der Waals surface area contributed by atoms with E-state index >= 15 is 0 Å². The highest BCUT2D eigenvalue weighted by Gasteiger charge is 2.23. The van der Waals surface area contributed by atoms with Crippen LogP contribution in [0.4, 0.5) is 11.4 Å². The molecule has 0 spiro atoms. The van der Waals surface area contributed by atoms with Crippen LogP contribution in [0, 0.1) is 20.2 Å². The largest absolute Gasteiger partial charge is 0.462 e. The first-order valence-electron chi connectivity index (χ1n) is 10.7. The highest BCUT2D eigenvalue weighted by molar-refractivity contribution is 5.91. The number of hydrogen-bond donors (Lipinski definition) is 0. The quantitative estimate of drug-likeness (QED) is 0.190. The molecule has 0 radical (unpaired) electrons. The highest BCUT2D eigenvalue weighted by Crippen LogP contribution is 2.33. The molecule has 0 N–H and O–H groups in total. The second kappa shape index (κ2) is 8.83. The number of hydrogen-bond acceptors (Lipinski definition) is 9. The van der Waals surface area contributed by atoms with Gasteiger partial charge in [0.25, 0.3) is 11.4 Å². The molecule has 0 bridgehead atoms. The summed E-state index contributed by atoms with van der Waals surface area (Å²) in [4.78, 5) is 47.7. The van der Waals surface area contributed by atoms with Crippen molar-refractivity contribution in [3.63, 3.8) is 0 Å². The maximum Gasteiger partial charge on any atom is 0.338 e. The molecule has 0 amide bonds. The molecule has 0 atom stereocenters. The number of imidazole rings is 1. The molecule has 0 aliphatic rings. The maximum absolute atomic E-state index is 12.4. The molecule has 5 aromatic rings. The summed E-state index contributed by atoms with van der Waals surface area (Å²) in [5.41, 5.74) is 1.56. The summed E-state index contributed by atoms with van der Waals surface area (Å²) in [5.74, 6) is -0.402. The summed E-state index contributed by atoms with van der Waals surface area (Å²) in [6.45, 7) is 1.89. The maximum atomic E-state index is 12.4. The molecule has 0 fully saturated rings. The van der Waals surface area contributed by atoms with Crippen molar-refractivity contribution in [2.24, 2.45) is 0 Å². The molecule has 2 heterocycles. The molecule has 3 aromatic carbocycles. The number of carbonyl (C=O) groups excluding carboxylic acids is 1. The molecule has 0 unspecified atom stereocenters. The average molecular weight is 484 g/mol. The number of benzene rings is 3. The number of esters is 1. The van der Waals surface area contributed by atoms with E-state index < -0.39 is 27.2 Å². The Morgan fingerprint density at radius 2 is 1.56 bits per heavy atom. The first-order valence-corrected chi connectivity index (χ1v) is 10.7. The van der Waals surface area contributed by atoms with Crippen LogP contribution in [0.25, 0.3) is 39.4 Å². The Morgan fingerprint density at radius 3 is 2.19 bits per heavy atom. The van der Waals surface area contributed by atoms with Crippen LogP contribution in [0.3, 0.4) is 0 Å². The lowest BCUT2D eigenvalue weighted by Gasteiger charge is -2.11. The van der Waals surface area contributed by atoms with E-state index in [9.17, 15) is 25.0 Å². The Bertz CT molecular complexity index is 1660. The highest BCUT2D eigenvalue weighted by atomic mass is 16.6. The van der Waals surface area contributed by atoms with Gasteiger partial charge in [-0.05, 0) is 37.3 Å². The van der Waals surface area contributed by atoms with Gasteiger partial charge in [-0.1, -0.05) is 18.2 Å². The number of nitrogens with zero attached hydrogens (tertiary/aromatic N) is 6. The summed E-state index contributed by atoms with van der Waals surface area (Å²) >= 11 is 0. The first-order chi connectivity index (χ1) is 17.4. The van der Waals surface area contributed by atoms with Gasteiger partial charge in [-0.2, -0.15) is 0 Å². The minimum atomic E-state index is -0.713. The third-order valence-corrected chi connectivity index (χ3v) is 5.37. The molecule has 0 aliphatic carbocycles. The third-order valence-electron chi connectivity index (χ3n) is 5.37. The molecular weight excluding hydrogens is 468 g/mol. The van der Waals surface area contributed by atoms with Crippen LogP contribution in [0.1, 0.15) is 17.3 Å². The van der Waals surface area contributed by atoms with Gasteiger partial charge in [-0.15, -0.1) is 0 Å². The van der Waals surface area contributed by atoms with E-state index in [2.05, 4.69) is 15.0 Å². The monoisotopic (exact) mass is 484 g/mol. The Morgan fingerprint density at radius 1 is 0.889 bits per heavy atom. The van der Waals surface area contributed by atoms with E-state index in [-0.39, 0.29) is 29.2 Å². The fraction of sp³-hybridized carbons (Fsp3) is 0.0833. The number of rotatable bonds is 6. The number of fused-ring (bicyclic) bond motifs is 2. The standard InChI is InChI=1S/C24H16N6O6/c1-2-36-24(31)14-6-5-7-16(10-14)28-22(15-11-17(29(32)33)13-18(12-15)30(34)35)27-21-23(28)26-20-9-4-3-8-19(20)25-21/h3-13H,2H2,1H3. The van der Waals surface area contributed by atoms with Crippen LogP contribution in [-0.4, -0.2) is 41.9 Å². The molecule has 36 heavy (non-hydrogen) atoms. The van der Waals surface area contributed by atoms with Gasteiger partial charge in [0, 0.05) is 17.7 Å². The van der Waals surface area contributed by atoms with Gasteiger partial charge in [0.2, 0.25) is 0 Å². The fourth-order valence-electron chi connectivity index (χ4n) is 3.82. The number of aromatic nitrogens is 4. The van der Waals surface area contributed by atoms with E-state index in [0.29, 0.717) is 22.4 Å². The number of para-hydroxylation sites is 2. The average Bonchev–Trinajstić information content (AvgIpc) is 3.25. The van der Waals surface area contributed by atoms with Gasteiger partial charge in [0.15, 0.2) is 11.3 Å². The van der Waals surface area contributed by atoms with Crippen molar-refractivity contribution < 1.29 is 19.4 Å². The van der Waals surface area contributed by atoms with Gasteiger partial charge < -0.3 is 4.74 Å². The Hall–Kier alpha value is -5.26. The zero-order chi connectivity index (χ0) is 25.4. The van der Waals surface area contributed by atoms with Crippen molar-refractivity contribution in [3.05, 3.63) is 92.5 Å². The van der Waals surface area contributed by atoms with Crippen LogP contribution in [-0.2, 0) is 4.74 Å². The summed E-state index contributed by atoms with van der Waals surface area (Å²) < 4.78 is 6.66. The molecule has 0 saturated heterocycles. The zero-order valence-corrected chi connectivity index (χ0v) is 18.7. The van der Waals surface area contributed by atoms with Crippen LogP contribution < -0.4 is 0 Å². The number of carbonyl (C=O) groups is 1. The smallest absolute Gasteiger partial charge is 0.338 e. The molecular formula is C24H16N6O6. The van der Waals surface area contributed by atoms with E-state index in [1.54, 1.807) is 60.0 Å². The van der Waals surface area contributed by atoms with E-state index in [1.165, 1.54) is 12.1 Å². The second-order valence-corrected chi connectivity index (χ2v) is 7.65. The molecule has 0 saturated carbocycles. The SMILES string of the molecule is CCOC(=O)c1cccc(-n2c(-c3cc([N+](=O)[O-])cc([N+](=O)[O-])c3)nc3nc4ccccc4nc32)c1. The zero-order valence-electron chi connectivity index (χ0n) is 18.7. The van der Waals surface area contributed by atoms with Crippen LogP contribution in [0.15, 0.2) is 66.7 Å². The molecule has 12 nitrogen and oxygen atoms in total. The topological polar surface area (TPSA) is 156 Å². The molecule has 178 valence electrons. The number of ether oxygens (including phenoxy) is 1. The summed E-state index contributed by atoms with van der Waals surface area (Å²) in [6, 6.07) is 16.9. The van der Waals surface area contributed by atoms with Crippen LogP contribution in [0.2, 0.25) is 0 Å². The van der Waals surface area contributed by atoms with Gasteiger partial charge in [0.1, 0.15) is 5.82 Å². The van der Waals surface area contributed by atoms with E-state index in [4.69, 9.17) is 4.74 Å². The minimum absolute atomic E-state index is 0.112. The lowest BCUT2D eigenvalue weighted by atomic mass is 10.1. The van der Waals surface area contributed by atoms with Gasteiger partial charge in [-0.3, -0.25) is 24.8 Å². The predicted molar refractivity (Wildman–Crippen MR) is 129 cm³/mol. The summed E-state index contributed by atoms with van der Waals surface area (Å²) in [7, 11) is 0. The molecule has 0 aliphatic heterocycles. The van der Waals surface area contributed by atoms with E-state index in [1.807, 2.05) is 0 Å². The first kappa shape index (κ1) is 22.5. The lowest BCUT2D eigenvalue weighted by molar-refractivity contribution is -0.394. The summed E-state index contributed by atoms with van der Waals surface area (Å²) in [6.07, 6.45) is 0. The molecule has 12 heteroatoms. The number of non-ortho nitro benzene ring substituents is 2. The van der Waals surface area contributed by atoms with Crippen molar-refractivity contribution in [2.75, 3.05) is 6.61 Å². The Balaban J connectivity index is 1.84. The van der Waals surface area contributed by atoms with Crippen molar-refractivity contribution >= 4 is 39.7 Å². The van der Waals surface area contributed by atoms with Crippen molar-refractivity contribution in [2.45, 2.75) is 6.92 Å². The minimum Gasteiger partial charge on any atom is -0.462 e. The van der Waals surface area contributed by atoms with Crippen LogP contribution in [0.5, 0.6) is 0 Å². The van der Waals surface area contributed by atoms with Crippen LogP contribution >= 0.6 is 0 Å². The van der Waals surface area contributed by atoms with Crippen molar-refractivity contribution in [1.29, 1.82) is 0 Å². The summed E-state index contributed by atoms with van der Waals surface area (Å²) in [5, 5.41) is 23.0. The third kappa shape index (κ3) is 3.96. The van der Waals surface area contributed by atoms with Crippen molar-refractivity contribution in [3.8, 4) is 17.1 Å². The predicted octanol–water partition coefficient (Wildman–Crippen LogP) is 4.63. The Labute approximate surface area is 202 Å². The van der Waals surface area contributed by atoms with Gasteiger partial charge >= 0.3 is 5.97 Å². The number of nitro groups is 2. The van der Waals surface area contributed by atoms with E-state index in [0.717, 1.165) is 6.07 Å². The van der Waals surface area contributed by atoms with Gasteiger partial charge in [-0.25, -0.2) is 19.7 Å². The lowest BCUT2D eigenvalue weighted by Crippen LogP contribution is -2.06. The Kier molecular flexibility index (Phi) is 5.53. The normalized spacial score (nSPS) is 11.0. The fourth-order valence-corrected chi connectivity index (χ4v) is 3.82. The molecule has 2 aromatic heterocycles. The molecule has 5 rings (SSSR count). The van der Waals surface area contributed by atoms with Gasteiger partial charge in [0.05, 0.1) is 44.8 Å². The number of nitro benzene ring substituents is 2. The van der Waals surface area contributed by atoms with Crippen molar-refractivity contribution in [1.82, 2.24) is 19.5 Å². The second-order valence-electron chi connectivity index (χ2n) is 7.65.